The molecule has 3 unspecified atom stereocenters. The fourth-order valence-corrected chi connectivity index (χ4v) is 3.02. The van der Waals surface area contributed by atoms with Crippen molar-refractivity contribution in [3.63, 3.8) is 0 Å². The summed E-state index contributed by atoms with van der Waals surface area (Å²) in [6.07, 6.45) is 0. The Morgan fingerprint density at radius 1 is 1.06 bits per heavy atom. The second-order valence-corrected chi connectivity index (χ2v) is 5.31. The van der Waals surface area contributed by atoms with Gasteiger partial charge in [-0.2, -0.15) is 0 Å². The Balaban J connectivity index is 2.34. The molecule has 0 radical (unpaired) electrons. The van der Waals surface area contributed by atoms with Gasteiger partial charge in [0, 0.05) is 20.1 Å². The van der Waals surface area contributed by atoms with Crippen LogP contribution in [0, 0.1) is 17.8 Å². The first-order chi connectivity index (χ1) is 8.36. The number of carbonyl (C=O) groups is 3. The van der Waals surface area contributed by atoms with E-state index in [4.69, 9.17) is 0 Å². The van der Waals surface area contributed by atoms with Crippen molar-refractivity contribution in [1.29, 1.82) is 0 Å². The molecule has 6 nitrogen and oxygen atoms in total. The van der Waals surface area contributed by atoms with Crippen LogP contribution in [0.15, 0.2) is 0 Å². The van der Waals surface area contributed by atoms with Gasteiger partial charge in [-0.3, -0.25) is 19.4 Å². The number of nitrogens with one attached hydrogen (secondary N) is 1. The van der Waals surface area contributed by atoms with Crippen LogP contribution >= 0.6 is 0 Å². The third-order valence-corrected chi connectivity index (χ3v) is 4.15. The van der Waals surface area contributed by atoms with Crippen molar-refractivity contribution in [3.8, 4) is 0 Å². The fourth-order valence-electron chi connectivity index (χ4n) is 3.02. The smallest absolute Gasteiger partial charge is 0.314 e. The van der Waals surface area contributed by atoms with Gasteiger partial charge in [0.05, 0.1) is 0 Å². The van der Waals surface area contributed by atoms with Crippen molar-refractivity contribution in [3.05, 3.63) is 0 Å². The van der Waals surface area contributed by atoms with Gasteiger partial charge in [0.25, 0.3) is 0 Å². The fraction of sp³-hybridized carbons (Fsp3) is 0.750. The van der Waals surface area contributed by atoms with E-state index in [0.717, 1.165) is 16.3 Å². The molecular weight excluding hydrogens is 234 g/mol. The van der Waals surface area contributed by atoms with Crippen LogP contribution in [0.2, 0.25) is 0 Å². The summed E-state index contributed by atoms with van der Waals surface area (Å²) in [5.74, 6) is -1.31. The van der Waals surface area contributed by atoms with E-state index < -0.39 is 11.9 Å². The van der Waals surface area contributed by atoms with Crippen molar-refractivity contribution in [1.82, 2.24) is 15.1 Å². The van der Waals surface area contributed by atoms with Gasteiger partial charge >= 0.3 is 6.03 Å². The zero-order chi connectivity index (χ0) is 13.6. The molecule has 1 N–H and O–H groups in total. The van der Waals surface area contributed by atoms with Gasteiger partial charge in [-0.25, -0.2) is 4.79 Å². The summed E-state index contributed by atoms with van der Waals surface area (Å²) in [6, 6.07) is -0.444. The molecule has 2 heterocycles. The Labute approximate surface area is 106 Å². The van der Waals surface area contributed by atoms with E-state index >= 15 is 0 Å². The number of rotatable bonds is 1. The molecule has 0 spiro atoms. The highest BCUT2D eigenvalue weighted by Crippen LogP contribution is 2.33. The number of nitrogens with zero attached hydrogens (tertiary/aromatic N) is 2. The second-order valence-electron chi connectivity index (χ2n) is 5.31. The summed E-state index contributed by atoms with van der Waals surface area (Å²) >= 11 is 0. The predicted octanol–water partition coefficient (Wildman–Crippen LogP) is -0.103. The highest BCUT2D eigenvalue weighted by Gasteiger charge is 2.50. The lowest BCUT2D eigenvalue weighted by Crippen LogP contribution is -2.60. The number of imide groups is 2. The number of barbiturate groups is 1. The van der Waals surface area contributed by atoms with Crippen molar-refractivity contribution in [2.45, 2.75) is 19.9 Å². The van der Waals surface area contributed by atoms with Gasteiger partial charge in [0.1, 0.15) is 5.92 Å². The van der Waals surface area contributed by atoms with Gasteiger partial charge in [0.2, 0.25) is 11.8 Å². The van der Waals surface area contributed by atoms with Gasteiger partial charge in [-0.05, 0) is 25.3 Å². The zero-order valence-electron chi connectivity index (χ0n) is 11.1. The molecule has 0 aromatic carbocycles. The molecule has 0 aromatic heterocycles. The second kappa shape index (κ2) is 4.35. The van der Waals surface area contributed by atoms with Crippen LogP contribution in [-0.2, 0) is 9.59 Å². The Morgan fingerprint density at radius 2 is 1.56 bits per heavy atom. The molecule has 0 aliphatic carbocycles. The summed E-state index contributed by atoms with van der Waals surface area (Å²) in [7, 11) is 2.86. The molecule has 2 aliphatic heterocycles. The van der Waals surface area contributed by atoms with Crippen LogP contribution in [0.1, 0.15) is 13.8 Å². The highest BCUT2D eigenvalue weighted by molar-refractivity contribution is 6.16. The molecule has 0 aromatic rings. The SMILES string of the molecule is CC1CNC(C)C1C1C(=O)N(C)C(=O)N(C)C1=O. The summed E-state index contributed by atoms with van der Waals surface area (Å²) in [5, 5.41) is 3.27. The van der Waals surface area contributed by atoms with E-state index in [1.54, 1.807) is 0 Å². The molecule has 2 aliphatic rings. The number of hydrogen-bond donors (Lipinski definition) is 1. The Hall–Kier alpha value is -1.43. The molecule has 2 rings (SSSR count). The molecule has 2 fully saturated rings. The minimum Gasteiger partial charge on any atom is -0.314 e. The summed E-state index contributed by atoms with van der Waals surface area (Å²) in [6.45, 7) is 4.80. The van der Waals surface area contributed by atoms with Crippen LogP contribution in [0.5, 0.6) is 0 Å². The van der Waals surface area contributed by atoms with Gasteiger partial charge in [-0.1, -0.05) is 6.92 Å². The lowest BCUT2D eigenvalue weighted by Gasteiger charge is -2.37. The molecule has 18 heavy (non-hydrogen) atoms. The Kier molecular flexibility index (Phi) is 3.14. The summed E-state index contributed by atoms with van der Waals surface area (Å²) in [4.78, 5) is 38.2. The van der Waals surface area contributed by atoms with Crippen molar-refractivity contribution in [2.75, 3.05) is 20.6 Å². The molecule has 0 bridgehead atoms. The first-order valence-corrected chi connectivity index (χ1v) is 6.18. The number of amides is 4. The van der Waals surface area contributed by atoms with E-state index in [1.807, 2.05) is 13.8 Å². The number of hydrogen-bond acceptors (Lipinski definition) is 4. The summed E-state index contributed by atoms with van der Waals surface area (Å²) in [5.41, 5.74) is 0. The average Bonchev–Trinajstić information content (AvgIpc) is 2.66. The van der Waals surface area contributed by atoms with E-state index in [1.165, 1.54) is 14.1 Å². The highest BCUT2D eigenvalue weighted by atomic mass is 16.2. The quantitative estimate of drug-likeness (QED) is 0.662. The van der Waals surface area contributed by atoms with Crippen molar-refractivity contribution < 1.29 is 14.4 Å². The minimum absolute atomic E-state index is 0.0528. The van der Waals surface area contributed by atoms with E-state index in [0.29, 0.717) is 0 Å². The molecule has 100 valence electrons. The largest absolute Gasteiger partial charge is 0.332 e. The van der Waals surface area contributed by atoms with E-state index in [9.17, 15) is 14.4 Å². The summed E-state index contributed by atoms with van der Waals surface area (Å²) < 4.78 is 0. The monoisotopic (exact) mass is 253 g/mol. The maximum absolute atomic E-state index is 12.2. The van der Waals surface area contributed by atoms with Crippen LogP contribution in [0.25, 0.3) is 0 Å². The molecule has 2 saturated heterocycles. The predicted molar refractivity (Wildman–Crippen MR) is 64.5 cm³/mol. The third kappa shape index (κ3) is 1.71. The van der Waals surface area contributed by atoms with Crippen LogP contribution in [0.3, 0.4) is 0 Å². The standard InChI is InChI=1S/C12H19N3O3/c1-6-5-13-7(2)8(6)9-10(16)14(3)12(18)15(4)11(9)17/h6-9,13H,5H2,1-4H3. The molecule has 6 heteroatoms. The first-order valence-electron chi connectivity index (χ1n) is 6.18. The molecule has 0 saturated carbocycles. The lowest BCUT2D eigenvalue weighted by atomic mass is 9.78. The Bertz CT molecular complexity index is 375. The number of carbonyl (C=O) groups excluding carboxylic acids is 3. The van der Waals surface area contributed by atoms with Gasteiger partial charge < -0.3 is 5.32 Å². The first kappa shape index (κ1) is 13.0. The van der Waals surface area contributed by atoms with Crippen LogP contribution in [0.4, 0.5) is 4.79 Å². The minimum atomic E-state index is -0.738. The average molecular weight is 253 g/mol. The van der Waals surface area contributed by atoms with Crippen LogP contribution < -0.4 is 5.32 Å². The topological polar surface area (TPSA) is 69.7 Å². The van der Waals surface area contributed by atoms with Gasteiger partial charge in [0.15, 0.2) is 0 Å². The number of urea groups is 1. The maximum Gasteiger partial charge on any atom is 0.332 e. The van der Waals surface area contributed by atoms with Crippen LogP contribution in [-0.4, -0.2) is 54.3 Å². The third-order valence-electron chi connectivity index (χ3n) is 4.15. The van der Waals surface area contributed by atoms with Crippen molar-refractivity contribution in [2.24, 2.45) is 17.8 Å². The molecule has 4 amide bonds. The molecule has 3 atom stereocenters. The lowest BCUT2D eigenvalue weighted by molar-refractivity contribution is -0.151. The van der Waals surface area contributed by atoms with Gasteiger partial charge in [-0.15, -0.1) is 0 Å². The normalized spacial score (nSPS) is 34.7. The van der Waals surface area contributed by atoms with E-state index in [-0.39, 0.29) is 29.7 Å². The van der Waals surface area contributed by atoms with E-state index in [2.05, 4.69) is 5.32 Å². The van der Waals surface area contributed by atoms with Crippen molar-refractivity contribution >= 4 is 17.8 Å². The Morgan fingerprint density at radius 3 is 1.94 bits per heavy atom. The zero-order valence-corrected chi connectivity index (χ0v) is 11.1. The molecular formula is C12H19N3O3. The maximum atomic E-state index is 12.2.